The first kappa shape index (κ1) is 13.9. The molecular formula is C13H20N2O4. The molecule has 0 aromatic heterocycles. The summed E-state index contributed by atoms with van der Waals surface area (Å²) in [6.07, 6.45) is 5.27. The number of hydrogen-bond donors (Lipinski definition) is 2. The molecule has 0 aromatic carbocycles. The van der Waals surface area contributed by atoms with Gasteiger partial charge in [-0.2, -0.15) is 0 Å². The maximum absolute atomic E-state index is 11.8. The Labute approximate surface area is 112 Å². The Kier molecular flexibility index (Phi) is 4.42. The van der Waals surface area contributed by atoms with Crippen molar-refractivity contribution < 1.29 is 19.4 Å². The number of aliphatic carboxylic acids is 1. The summed E-state index contributed by atoms with van der Waals surface area (Å²) in [5.74, 6) is -0.950. The van der Waals surface area contributed by atoms with Gasteiger partial charge in [0.25, 0.3) is 0 Å². The quantitative estimate of drug-likeness (QED) is 0.806. The molecule has 6 heteroatoms. The van der Waals surface area contributed by atoms with Crippen molar-refractivity contribution in [2.75, 3.05) is 13.2 Å². The zero-order valence-electron chi connectivity index (χ0n) is 11.1. The van der Waals surface area contributed by atoms with E-state index in [2.05, 4.69) is 5.32 Å². The molecule has 2 unspecified atom stereocenters. The van der Waals surface area contributed by atoms with Gasteiger partial charge in [-0.1, -0.05) is 0 Å². The summed E-state index contributed by atoms with van der Waals surface area (Å²) in [4.78, 5) is 24.1. The highest BCUT2D eigenvalue weighted by Gasteiger charge is 2.30. The molecule has 1 aliphatic heterocycles. The number of carbonyl (C=O) groups excluding carboxylic acids is 1. The molecule has 106 valence electrons. The van der Waals surface area contributed by atoms with Crippen molar-refractivity contribution in [1.82, 2.24) is 10.2 Å². The standard InChI is InChI=1S/C13H20N2O4/c1-9-6-14-13(18)15(7-9)10-3-2-4-11(5-10)19-8-12(16)17/h7,10-11H,2-6,8H2,1H3,(H,14,18)(H,16,17). The van der Waals surface area contributed by atoms with Gasteiger partial charge in [-0.15, -0.1) is 0 Å². The Balaban J connectivity index is 1.94. The van der Waals surface area contributed by atoms with E-state index in [9.17, 15) is 9.59 Å². The number of ether oxygens (including phenoxy) is 1. The van der Waals surface area contributed by atoms with E-state index >= 15 is 0 Å². The molecule has 2 atom stereocenters. The zero-order chi connectivity index (χ0) is 13.8. The molecule has 2 N–H and O–H groups in total. The lowest BCUT2D eigenvalue weighted by Crippen LogP contribution is -2.49. The topological polar surface area (TPSA) is 78.9 Å². The number of nitrogens with one attached hydrogen (secondary N) is 1. The van der Waals surface area contributed by atoms with Crippen LogP contribution in [-0.2, 0) is 9.53 Å². The van der Waals surface area contributed by atoms with Crippen LogP contribution < -0.4 is 5.32 Å². The van der Waals surface area contributed by atoms with E-state index in [1.165, 1.54) is 0 Å². The summed E-state index contributed by atoms with van der Waals surface area (Å²) in [6, 6.07) is 0.0253. The molecule has 2 aliphatic rings. The summed E-state index contributed by atoms with van der Waals surface area (Å²) in [7, 11) is 0. The predicted molar refractivity (Wildman–Crippen MR) is 68.6 cm³/mol. The maximum atomic E-state index is 11.8. The van der Waals surface area contributed by atoms with Crippen molar-refractivity contribution in [3.05, 3.63) is 11.8 Å². The second-order valence-corrected chi connectivity index (χ2v) is 5.19. The van der Waals surface area contributed by atoms with Crippen LogP contribution in [0.2, 0.25) is 0 Å². The van der Waals surface area contributed by atoms with Crippen LogP contribution in [0.5, 0.6) is 0 Å². The minimum Gasteiger partial charge on any atom is -0.480 e. The van der Waals surface area contributed by atoms with Crippen LogP contribution in [0, 0.1) is 0 Å². The van der Waals surface area contributed by atoms with Crippen LogP contribution in [-0.4, -0.2) is 47.3 Å². The number of urea groups is 1. The number of carbonyl (C=O) groups is 2. The second kappa shape index (κ2) is 6.06. The third-order valence-corrected chi connectivity index (χ3v) is 3.55. The Morgan fingerprint density at radius 2 is 2.37 bits per heavy atom. The van der Waals surface area contributed by atoms with E-state index in [4.69, 9.17) is 9.84 Å². The fourth-order valence-corrected chi connectivity index (χ4v) is 2.63. The number of rotatable bonds is 4. The average molecular weight is 268 g/mol. The van der Waals surface area contributed by atoms with Crippen LogP contribution in [0.1, 0.15) is 32.6 Å². The first-order valence-electron chi connectivity index (χ1n) is 6.63. The first-order chi connectivity index (χ1) is 9.06. The smallest absolute Gasteiger partial charge is 0.329 e. The van der Waals surface area contributed by atoms with E-state index in [0.29, 0.717) is 13.0 Å². The van der Waals surface area contributed by atoms with Gasteiger partial charge in [0, 0.05) is 18.8 Å². The third kappa shape index (κ3) is 3.70. The van der Waals surface area contributed by atoms with Crippen molar-refractivity contribution in [1.29, 1.82) is 0 Å². The third-order valence-electron chi connectivity index (χ3n) is 3.55. The van der Waals surface area contributed by atoms with Crippen molar-refractivity contribution in [2.45, 2.75) is 44.8 Å². The molecule has 0 radical (unpaired) electrons. The number of amides is 2. The summed E-state index contributed by atoms with van der Waals surface area (Å²) in [5.41, 5.74) is 1.12. The van der Waals surface area contributed by atoms with Gasteiger partial charge >= 0.3 is 12.0 Å². The molecule has 0 aromatic rings. The van der Waals surface area contributed by atoms with Gasteiger partial charge in [-0.05, 0) is 38.2 Å². The van der Waals surface area contributed by atoms with Gasteiger partial charge in [0.05, 0.1) is 6.10 Å². The molecular weight excluding hydrogens is 248 g/mol. The van der Waals surface area contributed by atoms with E-state index in [1.54, 1.807) is 4.90 Å². The van der Waals surface area contributed by atoms with Crippen molar-refractivity contribution in [3.8, 4) is 0 Å². The Hall–Kier alpha value is -1.56. The number of hydrogen-bond acceptors (Lipinski definition) is 3. The Morgan fingerprint density at radius 3 is 3.11 bits per heavy atom. The highest BCUT2D eigenvalue weighted by molar-refractivity contribution is 5.77. The molecule has 1 fully saturated rings. The molecule has 2 amide bonds. The minimum absolute atomic E-state index is 0.0710. The second-order valence-electron chi connectivity index (χ2n) is 5.19. The lowest BCUT2D eigenvalue weighted by atomic mass is 9.91. The maximum Gasteiger partial charge on any atom is 0.329 e. The van der Waals surface area contributed by atoms with Crippen molar-refractivity contribution in [2.24, 2.45) is 0 Å². The SMILES string of the molecule is CC1=CN(C2CCCC(OCC(=O)O)C2)C(=O)NC1. The van der Waals surface area contributed by atoms with E-state index in [1.807, 2.05) is 13.1 Å². The van der Waals surface area contributed by atoms with E-state index in [0.717, 1.165) is 24.8 Å². The fourth-order valence-electron chi connectivity index (χ4n) is 2.63. The Morgan fingerprint density at radius 1 is 1.58 bits per heavy atom. The fraction of sp³-hybridized carbons (Fsp3) is 0.692. The minimum atomic E-state index is -0.950. The van der Waals surface area contributed by atoms with Gasteiger partial charge in [-0.3, -0.25) is 4.90 Å². The highest BCUT2D eigenvalue weighted by Crippen LogP contribution is 2.26. The molecule has 0 saturated heterocycles. The molecule has 6 nitrogen and oxygen atoms in total. The number of carboxylic acids is 1. The molecule has 1 aliphatic carbocycles. The summed E-state index contributed by atoms with van der Waals surface area (Å²) in [5, 5.41) is 11.5. The highest BCUT2D eigenvalue weighted by atomic mass is 16.5. The van der Waals surface area contributed by atoms with Crippen molar-refractivity contribution in [3.63, 3.8) is 0 Å². The van der Waals surface area contributed by atoms with Crippen LogP contribution in [0.3, 0.4) is 0 Å². The molecule has 0 bridgehead atoms. The molecule has 1 heterocycles. The Bertz CT molecular complexity index is 394. The summed E-state index contributed by atoms with van der Waals surface area (Å²) in [6.45, 7) is 2.31. The molecule has 19 heavy (non-hydrogen) atoms. The lowest BCUT2D eigenvalue weighted by Gasteiger charge is -2.37. The van der Waals surface area contributed by atoms with Gasteiger partial charge in [0.1, 0.15) is 6.61 Å². The van der Waals surface area contributed by atoms with Gasteiger partial charge in [0.15, 0.2) is 0 Å². The molecule has 2 rings (SSSR count). The van der Waals surface area contributed by atoms with Crippen LogP contribution >= 0.6 is 0 Å². The van der Waals surface area contributed by atoms with Crippen molar-refractivity contribution >= 4 is 12.0 Å². The summed E-state index contributed by atoms with van der Waals surface area (Å²) < 4.78 is 5.35. The van der Waals surface area contributed by atoms with Crippen LogP contribution in [0.25, 0.3) is 0 Å². The zero-order valence-corrected chi connectivity index (χ0v) is 11.1. The van der Waals surface area contributed by atoms with Gasteiger partial charge in [-0.25, -0.2) is 9.59 Å². The normalized spacial score (nSPS) is 27.7. The first-order valence-corrected chi connectivity index (χ1v) is 6.63. The van der Waals surface area contributed by atoms with Gasteiger partial charge < -0.3 is 15.2 Å². The lowest BCUT2D eigenvalue weighted by molar-refractivity contribution is -0.145. The average Bonchev–Trinajstić information content (AvgIpc) is 2.39. The summed E-state index contributed by atoms with van der Waals surface area (Å²) >= 11 is 0. The predicted octanol–water partition coefficient (Wildman–Crippen LogP) is 1.33. The number of nitrogens with zero attached hydrogens (tertiary/aromatic N) is 1. The number of carboxylic acid groups (broad SMARTS) is 1. The van der Waals surface area contributed by atoms with Crippen LogP contribution in [0.4, 0.5) is 4.79 Å². The van der Waals surface area contributed by atoms with E-state index in [-0.39, 0.29) is 24.8 Å². The van der Waals surface area contributed by atoms with Crippen LogP contribution in [0.15, 0.2) is 11.8 Å². The molecule has 0 spiro atoms. The van der Waals surface area contributed by atoms with Gasteiger partial charge in [0.2, 0.25) is 0 Å². The monoisotopic (exact) mass is 268 g/mol. The largest absolute Gasteiger partial charge is 0.480 e. The molecule has 1 saturated carbocycles. The van der Waals surface area contributed by atoms with E-state index < -0.39 is 5.97 Å².